The summed E-state index contributed by atoms with van der Waals surface area (Å²) in [7, 11) is -1.67. The zero-order valence-electron chi connectivity index (χ0n) is 13.9. The molecule has 0 amide bonds. The minimum absolute atomic E-state index is 0.145. The highest BCUT2D eigenvalue weighted by molar-refractivity contribution is 7.53. The summed E-state index contributed by atoms with van der Waals surface area (Å²) >= 11 is 1.62. The standard InChI is InChI=1S/C16H20NO5PS/c1-4-21-23(18,22-5-2)10-20-13-8-12(19-3)6-11-7-14-16(15(11)13)17-9-24-14/h6,8-9H,4-5,7,10H2,1-3H3. The molecular weight excluding hydrogens is 349 g/mol. The van der Waals surface area contributed by atoms with Gasteiger partial charge in [-0.05, 0) is 25.5 Å². The van der Waals surface area contributed by atoms with E-state index in [1.54, 1.807) is 38.4 Å². The first kappa shape index (κ1) is 17.4. The average Bonchev–Trinajstić information content (AvgIpc) is 3.13. The Hall–Kier alpha value is -1.40. The Morgan fingerprint density at radius 1 is 1.25 bits per heavy atom. The van der Waals surface area contributed by atoms with Crippen molar-refractivity contribution in [3.8, 4) is 22.8 Å². The molecule has 2 aromatic rings. The largest absolute Gasteiger partial charge is 0.497 e. The minimum Gasteiger partial charge on any atom is -0.497 e. The Morgan fingerprint density at radius 3 is 2.67 bits per heavy atom. The number of methoxy groups -OCH3 is 1. The van der Waals surface area contributed by atoms with Gasteiger partial charge in [-0.15, -0.1) is 11.3 Å². The van der Waals surface area contributed by atoms with Gasteiger partial charge in [-0.2, -0.15) is 0 Å². The van der Waals surface area contributed by atoms with Gasteiger partial charge in [0.25, 0.3) is 0 Å². The third-order valence-corrected chi connectivity index (χ3v) is 6.23. The molecule has 1 aromatic carbocycles. The molecule has 6 nitrogen and oxygen atoms in total. The normalized spacial score (nSPS) is 12.8. The predicted molar refractivity (Wildman–Crippen MR) is 93.3 cm³/mol. The first-order valence-corrected chi connectivity index (χ1v) is 10.4. The van der Waals surface area contributed by atoms with Crippen LogP contribution in [0.5, 0.6) is 11.5 Å². The third-order valence-electron chi connectivity index (χ3n) is 3.65. The van der Waals surface area contributed by atoms with Gasteiger partial charge in [-0.25, -0.2) is 4.98 Å². The Balaban J connectivity index is 1.91. The lowest BCUT2D eigenvalue weighted by Crippen LogP contribution is -2.06. The number of rotatable bonds is 8. The lowest BCUT2D eigenvalue weighted by Gasteiger charge is -2.19. The van der Waals surface area contributed by atoms with Crippen LogP contribution in [0.1, 0.15) is 24.3 Å². The van der Waals surface area contributed by atoms with Gasteiger partial charge in [0.2, 0.25) is 0 Å². The van der Waals surface area contributed by atoms with E-state index in [2.05, 4.69) is 4.98 Å². The highest BCUT2D eigenvalue weighted by atomic mass is 32.1. The van der Waals surface area contributed by atoms with Crippen molar-refractivity contribution in [3.63, 3.8) is 0 Å². The number of benzene rings is 1. The Bertz CT molecular complexity index is 766. The highest BCUT2D eigenvalue weighted by Crippen LogP contribution is 2.50. The van der Waals surface area contributed by atoms with Crippen molar-refractivity contribution in [2.45, 2.75) is 20.3 Å². The van der Waals surface area contributed by atoms with Crippen LogP contribution in [0.3, 0.4) is 0 Å². The number of hydrogen-bond acceptors (Lipinski definition) is 7. The molecule has 0 saturated heterocycles. The number of aromatic nitrogens is 1. The summed E-state index contributed by atoms with van der Waals surface area (Å²) in [5, 5.41) is 0. The molecular formula is C16H20NO5PS. The fraction of sp³-hybridized carbons (Fsp3) is 0.438. The number of ether oxygens (including phenoxy) is 2. The van der Waals surface area contributed by atoms with Crippen LogP contribution in [0.4, 0.5) is 0 Å². The van der Waals surface area contributed by atoms with Crippen LogP contribution in [0.2, 0.25) is 0 Å². The van der Waals surface area contributed by atoms with Crippen LogP contribution in [0.25, 0.3) is 11.3 Å². The van der Waals surface area contributed by atoms with E-state index in [-0.39, 0.29) is 6.35 Å². The smallest absolute Gasteiger partial charge is 0.367 e. The van der Waals surface area contributed by atoms with Crippen molar-refractivity contribution in [2.75, 3.05) is 26.7 Å². The van der Waals surface area contributed by atoms with E-state index in [0.717, 1.165) is 23.2 Å². The van der Waals surface area contributed by atoms with Crippen LogP contribution in [-0.2, 0) is 20.0 Å². The highest BCUT2D eigenvalue weighted by Gasteiger charge is 2.29. The second kappa shape index (κ2) is 7.23. The van der Waals surface area contributed by atoms with Crippen molar-refractivity contribution >= 4 is 18.9 Å². The van der Waals surface area contributed by atoms with E-state index in [1.165, 1.54) is 4.88 Å². The summed E-state index contributed by atoms with van der Waals surface area (Å²) in [6.45, 7) is 4.15. The summed E-state index contributed by atoms with van der Waals surface area (Å²) < 4.78 is 34.4. The van der Waals surface area contributed by atoms with Crippen LogP contribution >= 0.6 is 18.9 Å². The van der Waals surface area contributed by atoms with Crippen molar-refractivity contribution in [2.24, 2.45) is 0 Å². The van der Waals surface area contributed by atoms with Gasteiger partial charge in [0.15, 0.2) is 6.35 Å². The van der Waals surface area contributed by atoms with Crippen molar-refractivity contribution < 1.29 is 23.1 Å². The van der Waals surface area contributed by atoms with Crippen molar-refractivity contribution in [1.29, 1.82) is 0 Å². The van der Waals surface area contributed by atoms with Gasteiger partial charge >= 0.3 is 7.60 Å². The fourth-order valence-corrected chi connectivity index (χ4v) is 4.81. The third kappa shape index (κ3) is 3.35. The first-order chi connectivity index (χ1) is 11.6. The Morgan fingerprint density at radius 2 is 2.00 bits per heavy atom. The zero-order valence-corrected chi connectivity index (χ0v) is 15.6. The van der Waals surface area contributed by atoms with E-state index in [0.29, 0.717) is 24.7 Å². The molecule has 1 aliphatic rings. The van der Waals surface area contributed by atoms with Gasteiger partial charge in [-0.1, -0.05) is 0 Å². The Labute approximate surface area is 145 Å². The summed E-state index contributed by atoms with van der Waals surface area (Å²) in [6.07, 6.45) is 0.658. The van der Waals surface area contributed by atoms with E-state index in [9.17, 15) is 4.57 Å². The molecule has 1 aromatic heterocycles. The lowest BCUT2D eigenvalue weighted by atomic mass is 10.1. The zero-order chi connectivity index (χ0) is 17.2. The van der Waals surface area contributed by atoms with E-state index in [4.69, 9.17) is 18.5 Å². The second-order valence-electron chi connectivity index (χ2n) is 5.18. The van der Waals surface area contributed by atoms with Crippen molar-refractivity contribution in [3.05, 3.63) is 28.1 Å². The molecule has 1 aliphatic carbocycles. The molecule has 0 atom stereocenters. The summed E-state index contributed by atoms with van der Waals surface area (Å²) in [6, 6.07) is 3.77. The van der Waals surface area contributed by atoms with Gasteiger partial charge in [0.05, 0.1) is 31.5 Å². The fourth-order valence-electron chi connectivity index (χ4n) is 2.71. The Kier molecular flexibility index (Phi) is 5.25. The molecule has 0 N–H and O–H groups in total. The molecule has 0 fully saturated rings. The van der Waals surface area contributed by atoms with Crippen LogP contribution in [0, 0.1) is 0 Å². The van der Waals surface area contributed by atoms with Crippen molar-refractivity contribution in [1.82, 2.24) is 4.98 Å². The molecule has 3 rings (SSSR count). The monoisotopic (exact) mass is 369 g/mol. The minimum atomic E-state index is -3.28. The molecule has 0 bridgehead atoms. The average molecular weight is 369 g/mol. The van der Waals surface area contributed by atoms with Crippen LogP contribution in [0.15, 0.2) is 17.6 Å². The van der Waals surface area contributed by atoms with Gasteiger partial charge < -0.3 is 18.5 Å². The molecule has 130 valence electrons. The number of hydrogen-bond donors (Lipinski definition) is 0. The number of fused-ring (bicyclic) bond motifs is 3. The first-order valence-electron chi connectivity index (χ1n) is 7.74. The molecule has 0 aliphatic heterocycles. The summed E-state index contributed by atoms with van der Waals surface area (Å²) in [5.41, 5.74) is 4.79. The SMILES string of the molecule is CCOP(=O)(COc1cc(OC)cc2c1-c1ncsc1C2)OCC. The van der Waals surface area contributed by atoms with Gasteiger partial charge in [0, 0.05) is 22.9 Å². The molecule has 24 heavy (non-hydrogen) atoms. The van der Waals surface area contributed by atoms with E-state index in [1.807, 2.05) is 11.6 Å². The van der Waals surface area contributed by atoms with Gasteiger partial charge in [0.1, 0.15) is 11.5 Å². The number of thiazole rings is 1. The molecule has 1 heterocycles. The summed E-state index contributed by atoms with van der Waals surface area (Å²) in [4.78, 5) is 5.63. The maximum absolute atomic E-state index is 12.6. The second-order valence-corrected chi connectivity index (χ2v) is 8.12. The molecule has 8 heteroatoms. The lowest BCUT2D eigenvalue weighted by molar-refractivity contribution is 0.197. The topological polar surface area (TPSA) is 66.9 Å². The summed E-state index contributed by atoms with van der Waals surface area (Å²) in [5.74, 6) is 1.29. The van der Waals surface area contributed by atoms with Gasteiger partial charge in [-0.3, -0.25) is 4.57 Å². The molecule has 0 radical (unpaired) electrons. The van der Waals surface area contributed by atoms with Crippen LogP contribution in [-0.4, -0.2) is 31.7 Å². The molecule has 0 spiro atoms. The maximum Gasteiger partial charge on any atom is 0.367 e. The quantitative estimate of drug-likeness (QED) is 0.551. The number of nitrogens with zero attached hydrogens (tertiary/aromatic N) is 1. The van der Waals surface area contributed by atoms with E-state index < -0.39 is 7.60 Å². The maximum atomic E-state index is 12.6. The molecule has 0 unspecified atom stereocenters. The van der Waals surface area contributed by atoms with Crippen LogP contribution < -0.4 is 9.47 Å². The predicted octanol–water partition coefficient (Wildman–Crippen LogP) is 4.33. The molecule has 0 saturated carbocycles. The van der Waals surface area contributed by atoms with E-state index >= 15 is 0 Å².